The van der Waals surface area contributed by atoms with Crippen LogP contribution in [-0.4, -0.2) is 25.5 Å². The summed E-state index contributed by atoms with van der Waals surface area (Å²) in [6.45, 7) is 2.56. The van der Waals surface area contributed by atoms with Crippen molar-refractivity contribution in [2.24, 2.45) is 0 Å². The highest BCUT2D eigenvalue weighted by Crippen LogP contribution is 2.10. The van der Waals surface area contributed by atoms with Crippen LogP contribution >= 0.6 is 24.0 Å². The van der Waals surface area contributed by atoms with Crippen LogP contribution < -0.4 is 10.6 Å². The van der Waals surface area contributed by atoms with Crippen LogP contribution in [0.15, 0.2) is 35.9 Å². The third-order valence-corrected chi connectivity index (χ3v) is 3.20. The van der Waals surface area contributed by atoms with Crippen LogP contribution in [0.1, 0.15) is 12.0 Å². The Hall–Kier alpha value is -1.03. The topological polar surface area (TPSA) is 41.1 Å². The average molecular weight is 301 g/mol. The molecule has 19 heavy (non-hydrogen) atoms. The number of halogens is 2. The molecule has 2 rings (SSSR count). The first-order chi connectivity index (χ1) is 8.74. The van der Waals surface area contributed by atoms with Crippen LogP contribution in [0.4, 0.5) is 0 Å². The van der Waals surface area contributed by atoms with E-state index in [1.54, 1.807) is 12.1 Å². The summed E-state index contributed by atoms with van der Waals surface area (Å²) in [6, 6.07) is 7.37. The zero-order valence-corrected chi connectivity index (χ0v) is 12.2. The van der Waals surface area contributed by atoms with Gasteiger partial charge in [-0.25, -0.2) is 0 Å². The molecule has 0 spiro atoms. The lowest BCUT2D eigenvalue weighted by Gasteiger charge is -2.14. The van der Waals surface area contributed by atoms with E-state index in [2.05, 4.69) is 16.7 Å². The molecule has 3 nitrogen and oxygen atoms in total. The van der Waals surface area contributed by atoms with E-state index in [4.69, 9.17) is 11.6 Å². The van der Waals surface area contributed by atoms with Crippen molar-refractivity contribution < 1.29 is 4.79 Å². The lowest BCUT2D eigenvalue weighted by molar-refractivity contribution is -0.120. The van der Waals surface area contributed by atoms with Crippen molar-refractivity contribution in [1.82, 2.24) is 10.6 Å². The second-order valence-electron chi connectivity index (χ2n) is 4.40. The molecule has 0 saturated heterocycles. The standard InChI is InChI=1S/C14H17ClN2O.ClH/c15-13-3-1-11(2-4-13)9-14(18)17-10-12-5-7-16-8-6-12;/h1-5,16H,6-10H2,(H,17,18);1H. The molecule has 0 aromatic heterocycles. The van der Waals surface area contributed by atoms with Crippen LogP contribution in [-0.2, 0) is 11.2 Å². The Bertz CT molecular complexity index is 443. The maximum atomic E-state index is 11.8. The molecule has 0 atom stereocenters. The van der Waals surface area contributed by atoms with Crippen molar-refractivity contribution in [1.29, 1.82) is 0 Å². The van der Waals surface area contributed by atoms with E-state index in [0.717, 1.165) is 25.1 Å². The minimum atomic E-state index is 0. The Morgan fingerprint density at radius 2 is 2.05 bits per heavy atom. The molecule has 104 valence electrons. The van der Waals surface area contributed by atoms with Crippen molar-refractivity contribution in [3.63, 3.8) is 0 Å². The fourth-order valence-electron chi connectivity index (χ4n) is 1.89. The molecule has 1 heterocycles. The van der Waals surface area contributed by atoms with Gasteiger partial charge in [-0.1, -0.05) is 35.4 Å². The molecule has 1 aromatic rings. The number of amides is 1. The van der Waals surface area contributed by atoms with Crippen LogP contribution in [0.25, 0.3) is 0 Å². The zero-order valence-electron chi connectivity index (χ0n) is 10.6. The summed E-state index contributed by atoms with van der Waals surface area (Å²) in [7, 11) is 0. The van der Waals surface area contributed by atoms with Gasteiger partial charge in [0.25, 0.3) is 0 Å². The third-order valence-electron chi connectivity index (χ3n) is 2.95. The molecule has 0 aliphatic carbocycles. The van der Waals surface area contributed by atoms with Gasteiger partial charge in [0.05, 0.1) is 6.42 Å². The van der Waals surface area contributed by atoms with E-state index >= 15 is 0 Å². The van der Waals surface area contributed by atoms with E-state index < -0.39 is 0 Å². The van der Waals surface area contributed by atoms with Gasteiger partial charge in [0.1, 0.15) is 0 Å². The summed E-state index contributed by atoms with van der Waals surface area (Å²) >= 11 is 5.80. The normalized spacial score (nSPS) is 14.3. The summed E-state index contributed by atoms with van der Waals surface area (Å²) in [5.74, 6) is 0.0526. The summed E-state index contributed by atoms with van der Waals surface area (Å²) in [5.41, 5.74) is 2.29. The highest BCUT2D eigenvalue weighted by atomic mass is 35.5. The molecule has 1 aromatic carbocycles. The Morgan fingerprint density at radius 3 is 2.68 bits per heavy atom. The summed E-state index contributed by atoms with van der Waals surface area (Å²) < 4.78 is 0. The minimum absolute atomic E-state index is 0. The van der Waals surface area contributed by atoms with Gasteiger partial charge < -0.3 is 10.6 Å². The number of carbonyl (C=O) groups is 1. The number of nitrogens with one attached hydrogen (secondary N) is 2. The van der Waals surface area contributed by atoms with Crippen molar-refractivity contribution >= 4 is 29.9 Å². The lowest BCUT2D eigenvalue weighted by Crippen LogP contribution is -2.30. The predicted octanol–water partition coefficient (Wildman–Crippen LogP) is 2.34. The van der Waals surface area contributed by atoms with Crippen molar-refractivity contribution in [3.05, 3.63) is 46.5 Å². The van der Waals surface area contributed by atoms with Crippen molar-refractivity contribution in [2.75, 3.05) is 19.6 Å². The van der Waals surface area contributed by atoms with E-state index in [1.165, 1.54) is 5.57 Å². The molecule has 0 bridgehead atoms. The van der Waals surface area contributed by atoms with Crippen LogP contribution in [0, 0.1) is 0 Å². The molecule has 0 fully saturated rings. The first kappa shape index (κ1) is 16.0. The molecule has 0 unspecified atom stereocenters. The Kier molecular flexibility index (Phi) is 6.92. The summed E-state index contributed by atoms with van der Waals surface area (Å²) in [5, 5.41) is 6.89. The first-order valence-electron chi connectivity index (χ1n) is 6.14. The van der Waals surface area contributed by atoms with Gasteiger partial charge in [-0.15, -0.1) is 12.4 Å². The van der Waals surface area contributed by atoms with Crippen molar-refractivity contribution in [2.45, 2.75) is 12.8 Å². The number of hydrogen-bond acceptors (Lipinski definition) is 2. The maximum absolute atomic E-state index is 11.8. The molecule has 1 amide bonds. The first-order valence-corrected chi connectivity index (χ1v) is 6.51. The molecular formula is C14H18Cl2N2O. The molecule has 0 radical (unpaired) electrons. The van der Waals surface area contributed by atoms with E-state index in [1.807, 2.05) is 12.1 Å². The Labute approximate surface area is 124 Å². The molecule has 1 aliphatic heterocycles. The van der Waals surface area contributed by atoms with Gasteiger partial charge in [0.2, 0.25) is 5.91 Å². The molecule has 0 saturated carbocycles. The van der Waals surface area contributed by atoms with Gasteiger partial charge in [-0.05, 0) is 30.7 Å². The predicted molar refractivity (Wildman–Crippen MR) is 81.0 cm³/mol. The van der Waals surface area contributed by atoms with E-state index in [0.29, 0.717) is 18.0 Å². The highest BCUT2D eigenvalue weighted by Gasteiger charge is 2.06. The van der Waals surface area contributed by atoms with Crippen LogP contribution in [0.2, 0.25) is 5.02 Å². The fourth-order valence-corrected chi connectivity index (χ4v) is 2.02. The smallest absolute Gasteiger partial charge is 0.224 e. The van der Waals surface area contributed by atoms with Crippen molar-refractivity contribution in [3.8, 4) is 0 Å². The van der Waals surface area contributed by atoms with Gasteiger partial charge in [-0.2, -0.15) is 0 Å². The number of carbonyl (C=O) groups excluding carboxylic acids is 1. The molecular weight excluding hydrogens is 283 g/mol. The molecule has 1 aliphatic rings. The van der Waals surface area contributed by atoms with E-state index in [-0.39, 0.29) is 18.3 Å². The minimum Gasteiger partial charge on any atom is -0.352 e. The highest BCUT2D eigenvalue weighted by molar-refractivity contribution is 6.30. The quantitative estimate of drug-likeness (QED) is 0.838. The Balaban J connectivity index is 0.00000180. The maximum Gasteiger partial charge on any atom is 0.224 e. The van der Waals surface area contributed by atoms with Gasteiger partial charge in [0.15, 0.2) is 0 Å². The van der Waals surface area contributed by atoms with Crippen LogP contribution in [0.5, 0.6) is 0 Å². The SMILES string of the molecule is Cl.O=C(Cc1ccc(Cl)cc1)NCC1=CCNCC1. The van der Waals surface area contributed by atoms with Gasteiger partial charge in [-0.3, -0.25) is 4.79 Å². The van der Waals surface area contributed by atoms with E-state index in [9.17, 15) is 4.79 Å². The third kappa shape index (κ3) is 5.64. The monoisotopic (exact) mass is 300 g/mol. The summed E-state index contributed by atoms with van der Waals surface area (Å²) in [6.07, 6.45) is 3.57. The number of rotatable bonds is 4. The second-order valence-corrected chi connectivity index (χ2v) is 4.83. The second kappa shape index (κ2) is 8.20. The van der Waals surface area contributed by atoms with Gasteiger partial charge in [0, 0.05) is 18.1 Å². The van der Waals surface area contributed by atoms with Gasteiger partial charge >= 0.3 is 0 Å². The molecule has 2 N–H and O–H groups in total. The lowest BCUT2D eigenvalue weighted by atomic mass is 10.1. The Morgan fingerprint density at radius 1 is 1.32 bits per heavy atom. The number of benzene rings is 1. The molecule has 5 heteroatoms. The zero-order chi connectivity index (χ0) is 12.8. The number of hydrogen-bond donors (Lipinski definition) is 2. The average Bonchev–Trinajstić information content (AvgIpc) is 2.40. The summed E-state index contributed by atoms with van der Waals surface area (Å²) in [4.78, 5) is 11.8. The largest absolute Gasteiger partial charge is 0.352 e. The van der Waals surface area contributed by atoms with Crippen LogP contribution in [0.3, 0.4) is 0 Å². The fraction of sp³-hybridized carbons (Fsp3) is 0.357.